The van der Waals surface area contributed by atoms with Crippen LogP contribution < -0.4 is 5.32 Å². The average molecular weight is 427 g/mol. The predicted molar refractivity (Wildman–Crippen MR) is 112 cm³/mol. The number of nitrogens with zero attached hydrogens (tertiary/aromatic N) is 3. The third-order valence-corrected chi connectivity index (χ3v) is 4.98. The lowest BCUT2D eigenvalue weighted by atomic mass is 10.0. The quantitative estimate of drug-likeness (QED) is 0.426. The van der Waals surface area contributed by atoms with Crippen molar-refractivity contribution in [1.82, 2.24) is 20.2 Å². The summed E-state index contributed by atoms with van der Waals surface area (Å²) < 4.78 is 38.9. The molecule has 0 aliphatic heterocycles. The van der Waals surface area contributed by atoms with Gasteiger partial charge in [-0.25, -0.2) is 4.98 Å². The first-order chi connectivity index (χ1) is 14.8. The Bertz CT molecular complexity index is 1210. The second kappa shape index (κ2) is 8.35. The number of aromatic nitrogens is 4. The van der Waals surface area contributed by atoms with E-state index in [4.69, 9.17) is 0 Å². The minimum atomic E-state index is -4.41. The molecule has 0 saturated heterocycles. The number of H-pyrrole nitrogens is 1. The molecule has 4 aromatic rings. The molecule has 2 heterocycles. The van der Waals surface area contributed by atoms with Gasteiger partial charge in [0.25, 0.3) is 0 Å². The van der Waals surface area contributed by atoms with Crippen LogP contribution in [0.15, 0.2) is 54.9 Å². The van der Waals surface area contributed by atoms with Crippen LogP contribution in [0.2, 0.25) is 0 Å². The number of nitrogens with one attached hydrogen (secondary N) is 2. The van der Waals surface area contributed by atoms with Crippen LogP contribution in [0, 0.1) is 6.92 Å². The monoisotopic (exact) mass is 427 g/mol. The number of aliphatic hydroxyl groups is 1. The van der Waals surface area contributed by atoms with Crippen molar-refractivity contribution in [1.29, 1.82) is 0 Å². The molecule has 0 amide bonds. The van der Waals surface area contributed by atoms with Crippen LogP contribution in [0.1, 0.15) is 16.8 Å². The molecule has 2 aromatic heterocycles. The summed E-state index contributed by atoms with van der Waals surface area (Å²) in [6.07, 6.45) is -1.07. The maximum absolute atomic E-state index is 13.0. The topological polar surface area (TPSA) is 86.7 Å². The third-order valence-electron chi connectivity index (χ3n) is 4.98. The van der Waals surface area contributed by atoms with E-state index >= 15 is 0 Å². The Morgan fingerprint density at radius 1 is 1.13 bits per heavy atom. The number of aliphatic hydroxyl groups excluding tert-OH is 1. The molecule has 0 aliphatic rings. The number of hydrogen-bond acceptors (Lipinski definition) is 5. The van der Waals surface area contributed by atoms with E-state index in [1.165, 1.54) is 12.3 Å². The maximum atomic E-state index is 13.0. The number of fused-ring (bicyclic) bond motifs is 1. The van der Waals surface area contributed by atoms with Crippen LogP contribution in [-0.2, 0) is 12.6 Å². The molecule has 3 N–H and O–H groups in total. The van der Waals surface area contributed by atoms with Gasteiger partial charge in [0.1, 0.15) is 5.82 Å². The molecule has 0 saturated carbocycles. The second-order valence-electron chi connectivity index (χ2n) is 7.30. The van der Waals surface area contributed by atoms with Crippen LogP contribution in [0.25, 0.3) is 22.2 Å². The largest absolute Gasteiger partial charge is 0.416 e. The van der Waals surface area contributed by atoms with Crippen LogP contribution in [-0.4, -0.2) is 37.9 Å². The SMILES string of the molecule is Cc1[nH]nc2ccc(-c3cncc(NC(CO)Cc4cccc(C(F)(F)F)c4)n3)cc12. The molecule has 1 unspecified atom stereocenters. The lowest BCUT2D eigenvalue weighted by molar-refractivity contribution is -0.137. The molecule has 31 heavy (non-hydrogen) atoms. The number of halogens is 3. The molecule has 0 spiro atoms. The predicted octanol–water partition coefficient (Wildman–Crippen LogP) is 4.36. The van der Waals surface area contributed by atoms with E-state index < -0.39 is 17.8 Å². The highest BCUT2D eigenvalue weighted by molar-refractivity contribution is 5.85. The Kier molecular flexibility index (Phi) is 5.60. The van der Waals surface area contributed by atoms with E-state index in [9.17, 15) is 18.3 Å². The van der Waals surface area contributed by atoms with Crippen molar-refractivity contribution in [3.63, 3.8) is 0 Å². The summed E-state index contributed by atoms with van der Waals surface area (Å²) in [6.45, 7) is 1.66. The first-order valence-electron chi connectivity index (χ1n) is 9.64. The Balaban J connectivity index is 1.54. The zero-order chi connectivity index (χ0) is 22.0. The van der Waals surface area contributed by atoms with E-state index in [0.717, 1.165) is 34.3 Å². The van der Waals surface area contributed by atoms with Gasteiger partial charge < -0.3 is 10.4 Å². The van der Waals surface area contributed by atoms with E-state index in [2.05, 4.69) is 25.5 Å². The average Bonchev–Trinajstić information content (AvgIpc) is 3.13. The fourth-order valence-corrected chi connectivity index (χ4v) is 3.40. The Labute approximate surface area is 176 Å². The standard InChI is InChI=1S/C22H20F3N5O/c1-13-18-9-15(5-6-19(18)30-29-13)20-10-26-11-21(28-20)27-17(12-31)8-14-3-2-4-16(7-14)22(23,24)25/h2-7,9-11,17,31H,8,12H2,1H3,(H,27,28)(H,29,30). The van der Waals surface area contributed by atoms with Gasteiger partial charge in [-0.3, -0.25) is 10.1 Å². The fourth-order valence-electron chi connectivity index (χ4n) is 3.40. The van der Waals surface area contributed by atoms with Gasteiger partial charge in [0.15, 0.2) is 0 Å². The summed E-state index contributed by atoms with van der Waals surface area (Å²) in [5.74, 6) is 0.424. The van der Waals surface area contributed by atoms with Crippen LogP contribution in [0.3, 0.4) is 0 Å². The summed E-state index contributed by atoms with van der Waals surface area (Å²) in [6, 6.07) is 10.3. The van der Waals surface area contributed by atoms with Crippen LogP contribution in [0.4, 0.5) is 19.0 Å². The number of anilines is 1. The Hall–Kier alpha value is -3.46. The van der Waals surface area contributed by atoms with Gasteiger partial charge in [-0.1, -0.05) is 24.3 Å². The summed E-state index contributed by atoms with van der Waals surface area (Å²) in [5, 5.41) is 20.9. The molecular weight excluding hydrogens is 407 g/mol. The van der Waals surface area contributed by atoms with Crippen molar-refractivity contribution in [2.45, 2.75) is 25.6 Å². The maximum Gasteiger partial charge on any atom is 0.416 e. The van der Waals surface area contributed by atoms with Crippen LogP contribution in [0.5, 0.6) is 0 Å². The number of aryl methyl sites for hydroxylation is 1. The van der Waals surface area contributed by atoms with Crippen molar-refractivity contribution in [2.75, 3.05) is 11.9 Å². The van der Waals surface area contributed by atoms with E-state index in [1.807, 2.05) is 25.1 Å². The van der Waals surface area contributed by atoms with Crippen molar-refractivity contribution >= 4 is 16.7 Å². The van der Waals surface area contributed by atoms with Crippen molar-refractivity contribution in [2.24, 2.45) is 0 Å². The minimum Gasteiger partial charge on any atom is -0.394 e. The van der Waals surface area contributed by atoms with Gasteiger partial charge in [0, 0.05) is 16.6 Å². The zero-order valence-corrected chi connectivity index (χ0v) is 16.6. The normalized spacial score (nSPS) is 12.8. The van der Waals surface area contributed by atoms with E-state index in [0.29, 0.717) is 17.1 Å². The number of alkyl halides is 3. The highest BCUT2D eigenvalue weighted by atomic mass is 19.4. The fraction of sp³-hybridized carbons (Fsp3) is 0.227. The molecule has 9 heteroatoms. The molecule has 6 nitrogen and oxygen atoms in total. The Morgan fingerprint density at radius 3 is 2.74 bits per heavy atom. The highest BCUT2D eigenvalue weighted by Gasteiger charge is 2.30. The molecule has 4 rings (SSSR count). The zero-order valence-electron chi connectivity index (χ0n) is 16.6. The third kappa shape index (κ3) is 4.66. The van der Waals surface area contributed by atoms with Gasteiger partial charge in [-0.15, -0.1) is 0 Å². The number of rotatable bonds is 6. The van der Waals surface area contributed by atoms with E-state index in [1.54, 1.807) is 12.3 Å². The van der Waals surface area contributed by atoms with Crippen molar-refractivity contribution in [3.05, 3.63) is 71.7 Å². The molecule has 0 bridgehead atoms. The molecule has 1 atom stereocenters. The van der Waals surface area contributed by atoms with Crippen molar-refractivity contribution in [3.8, 4) is 11.3 Å². The van der Waals surface area contributed by atoms with Gasteiger partial charge in [-0.05, 0) is 37.1 Å². The second-order valence-corrected chi connectivity index (χ2v) is 7.30. The minimum absolute atomic E-state index is 0.201. The van der Waals surface area contributed by atoms with Gasteiger partial charge in [0.05, 0.1) is 41.8 Å². The number of benzene rings is 2. The molecule has 0 aliphatic carbocycles. The lowest BCUT2D eigenvalue weighted by Gasteiger charge is -2.18. The van der Waals surface area contributed by atoms with Crippen molar-refractivity contribution < 1.29 is 18.3 Å². The molecule has 160 valence electrons. The summed E-state index contributed by atoms with van der Waals surface area (Å²) in [4.78, 5) is 8.77. The summed E-state index contributed by atoms with van der Waals surface area (Å²) in [7, 11) is 0. The lowest BCUT2D eigenvalue weighted by Crippen LogP contribution is -2.27. The Morgan fingerprint density at radius 2 is 1.97 bits per heavy atom. The van der Waals surface area contributed by atoms with E-state index in [-0.39, 0.29) is 13.0 Å². The first-order valence-corrected chi connectivity index (χ1v) is 9.64. The highest BCUT2D eigenvalue weighted by Crippen LogP contribution is 2.30. The summed E-state index contributed by atoms with van der Waals surface area (Å²) in [5.41, 5.74) is 3.03. The first kappa shape index (κ1) is 20.8. The number of hydrogen-bond donors (Lipinski definition) is 3. The van der Waals surface area contributed by atoms with Gasteiger partial charge >= 0.3 is 6.18 Å². The smallest absolute Gasteiger partial charge is 0.394 e. The van der Waals surface area contributed by atoms with Gasteiger partial charge in [0.2, 0.25) is 0 Å². The molecule has 0 fully saturated rings. The molecule has 2 aromatic carbocycles. The molecule has 0 radical (unpaired) electrons. The van der Waals surface area contributed by atoms with Crippen LogP contribution >= 0.6 is 0 Å². The van der Waals surface area contributed by atoms with Gasteiger partial charge in [-0.2, -0.15) is 18.3 Å². The molecular formula is C22H20F3N5O. The number of aromatic amines is 1. The summed E-state index contributed by atoms with van der Waals surface area (Å²) >= 11 is 0.